The van der Waals surface area contributed by atoms with Crippen LogP contribution in [0.4, 0.5) is 0 Å². The Hall–Kier alpha value is -0.380. The fraction of sp³-hybridized carbons (Fsp3) is 0.750. The number of rotatable bonds is 6. The Morgan fingerprint density at radius 1 is 1.47 bits per heavy atom. The molecule has 0 spiro atoms. The van der Waals surface area contributed by atoms with Crippen LogP contribution in [0, 0.1) is 5.41 Å². The Balaban J connectivity index is 2.16. The molecule has 1 unspecified atom stereocenters. The molecule has 0 amide bonds. The summed E-state index contributed by atoms with van der Waals surface area (Å²) in [4.78, 5) is 4.29. The molecule has 108 valence electrons. The predicted octanol–water partition coefficient (Wildman–Crippen LogP) is 3.82. The Morgan fingerprint density at radius 3 is 2.95 bits per heavy atom. The van der Waals surface area contributed by atoms with Gasteiger partial charge in [0.15, 0.2) is 0 Å². The van der Waals surface area contributed by atoms with Crippen LogP contribution in [-0.2, 0) is 6.42 Å². The van der Waals surface area contributed by atoms with Gasteiger partial charge in [-0.15, -0.1) is 11.3 Å². The minimum atomic E-state index is 0.211. The predicted molar refractivity (Wildman–Crippen MR) is 84.7 cm³/mol. The van der Waals surface area contributed by atoms with Gasteiger partial charge >= 0.3 is 0 Å². The topological polar surface area (TPSA) is 29.3 Å². The molecule has 19 heavy (non-hydrogen) atoms. The largest absolute Gasteiger partial charge is 0.330 e. The van der Waals surface area contributed by atoms with Gasteiger partial charge in [0, 0.05) is 17.5 Å². The van der Waals surface area contributed by atoms with Crippen molar-refractivity contribution in [2.75, 3.05) is 19.6 Å². The molecule has 1 atom stereocenters. The second-order valence-corrected chi connectivity index (χ2v) is 7.55. The lowest BCUT2D eigenvalue weighted by Gasteiger charge is -2.39. The average Bonchev–Trinajstić information content (AvgIpc) is 2.86. The highest BCUT2D eigenvalue weighted by Gasteiger charge is 2.29. The van der Waals surface area contributed by atoms with E-state index in [0.29, 0.717) is 6.04 Å². The molecule has 0 radical (unpaired) electrons. The third kappa shape index (κ3) is 3.59. The first-order chi connectivity index (χ1) is 9.07. The molecule has 3 heteroatoms. The molecule has 1 aromatic rings. The van der Waals surface area contributed by atoms with Crippen LogP contribution in [0.2, 0.25) is 0 Å². The van der Waals surface area contributed by atoms with Crippen molar-refractivity contribution in [2.24, 2.45) is 11.1 Å². The van der Waals surface area contributed by atoms with Crippen molar-refractivity contribution < 1.29 is 0 Å². The average molecular weight is 280 g/mol. The number of fused-ring (bicyclic) bond motifs is 1. The molecule has 2 nitrogen and oxygen atoms in total. The number of thiophene rings is 1. The zero-order valence-electron chi connectivity index (χ0n) is 12.6. The molecule has 0 fully saturated rings. The van der Waals surface area contributed by atoms with Crippen LogP contribution < -0.4 is 5.73 Å². The number of hydrogen-bond donors (Lipinski definition) is 1. The maximum absolute atomic E-state index is 5.93. The van der Waals surface area contributed by atoms with E-state index in [4.69, 9.17) is 5.73 Å². The van der Waals surface area contributed by atoms with E-state index < -0.39 is 0 Å². The highest BCUT2D eigenvalue weighted by Crippen LogP contribution is 2.38. The van der Waals surface area contributed by atoms with Gasteiger partial charge in [0.2, 0.25) is 0 Å². The smallest absolute Gasteiger partial charge is 0.0359 e. The van der Waals surface area contributed by atoms with E-state index in [2.05, 4.69) is 37.1 Å². The zero-order chi connectivity index (χ0) is 13.9. The first-order valence-electron chi connectivity index (χ1n) is 7.58. The standard InChI is InChI=1S/C16H28N2S/c1-4-9-18(12-16(2,3)11-17)14-6-5-7-15-13(14)8-10-19-15/h8,10,14H,4-7,9,11-12,17H2,1-3H3. The normalized spacial score (nSPS) is 19.7. The van der Waals surface area contributed by atoms with Crippen LogP contribution in [-0.4, -0.2) is 24.5 Å². The summed E-state index contributed by atoms with van der Waals surface area (Å²) in [6.07, 6.45) is 5.15. The van der Waals surface area contributed by atoms with Gasteiger partial charge in [-0.1, -0.05) is 20.8 Å². The van der Waals surface area contributed by atoms with Crippen molar-refractivity contribution >= 4 is 11.3 Å². The molecule has 0 saturated carbocycles. The molecule has 0 aromatic carbocycles. The second kappa shape index (κ2) is 6.38. The van der Waals surface area contributed by atoms with Gasteiger partial charge in [-0.3, -0.25) is 4.90 Å². The third-order valence-corrected chi connectivity index (χ3v) is 5.15. The summed E-state index contributed by atoms with van der Waals surface area (Å²) < 4.78 is 0. The summed E-state index contributed by atoms with van der Waals surface area (Å²) in [6.45, 7) is 9.90. The van der Waals surface area contributed by atoms with Gasteiger partial charge in [0.05, 0.1) is 0 Å². The van der Waals surface area contributed by atoms with E-state index in [0.717, 1.165) is 13.1 Å². The number of hydrogen-bond acceptors (Lipinski definition) is 3. The van der Waals surface area contributed by atoms with Gasteiger partial charge < -0.3 is 5.73 Å². The maximum atomic E-state index is 5.93. The number of aryl methyl sites for hydroxylation is 1. The van der Waals surface area contributed by atoms with Gasteiger partial charge in [-0.2, -0.15) is 0 Å². The van der Waals surface area contributed by atoms with E-state index in [1.54, 1.807) is 10.4 Å². The monoisotopic (exact) mass is 280 g/mol. The van der Waals surface area contributed by atoms with Crippen molar-refractivity contribution in [3.8, 4) is 0 Å². The van der Waals surface area contributed by atoms with Gasteiger partial charge in [-0.05, 0) is 61.2 Å². The summed E-state index contributed by atoms with van der Waals surface area (Å²) >= 11 is 1.94. The molecule has 0 aliphatic heterocycles. The van der Waals surface area contributed by atoms with Gasteiger partial charge in [0.1, 0.15) is 0 Å². The molecule has 1 heterocycles. The Labute approximate surface area is 122 Å². The fourth-order valence-electron chi connectivity index (χ4n) is 3.09. The lowest BCUT2D eigenvalue weighted by molar-refractivity contribution is 0.121. The molecule has 0 saturated heterocycles. The van der Waals surface area contributed by atoms with Crippen molar-refractivity contribution in [2.45, 2.75) is 52.5 Å². The molecule has 1 aromatic heterocycles. The van der Waals surface area contributed by atoms with E-state index in [-0.39, 0.29) is 5.41 Å². The highest BCUT2D eigenvalue weighted by atomic mass is 32.1. The van der Waals surface area contributed by atoms with Crippen LogP contribution in [0.25, 0.3) is 0 Å². The molecule has 2 N–H and O–H groups in total. The first kappa shape index (κ1) is 15.0. The van der Waals surface area contributed by atoms with E-state index in [1.165, 1.54) is 32.2 Å². The number of nitrogens with two attached hydrogens (primary N) is 1. The lowest BCUT2D eigenvalue weighted by Crippen LogP contribution is -2.41. The molecule has 1 aliphatic rings. The molecule has 2 rings (SSSR count). The van der Waals surface area contributed by atoms with Crippen molar-refractivity contribution in [3.05, 3.63) is 21.9 Å². The quantitative estimate of drug-likeness (QED) is 0.858. The SMILES string of the molecule is CCCN(CC(C)(C)CN)C1CCCc2sccc21. The maximum Gasteiger partial charge on any atom is 0.0359 e. The summed E-state index contributed by atoms with van der Waals surface area (Å²) in [5, 5.41) is 2.27. The van der Waals surface area contributed by atoms with Crippen LogP contribution >= 0.6 is 11.3 Å². The van der Waals surface area contributed by atoms with Crippen molar-refractivity contribution in [1.29, 1.82) is 0 Å². The van der Waals surface area contributed by atoms with Gasteiger partial charge in [-0.25, -0.2) is 0 Å². The van der Waals surface area contributed by atoms with Crippen LogP contribution in [0.15, 0.2) is 11.4 Å². The molecule has 1 aliphatic carbocycles. The zero-order valence-corrected chi connectivity index (χ0v) is 13.4. The Bertz CT molecular complexity index is 397. The highest BCUT2D eigenvalue weighted by molar-refractivity contribution is 7.10. The first-order valence-corrected chi connectivity index (χ1v) is 8.46. The van der Waals surface area contributed by atoms with Crippen molar-refractivity contribution in [1.82, 2.24) is 4.90 Å². The van der Waals surface area contributed by atoms with Crippen molar-refractivity contribution in [3.63, 3.8) is 0 Å². The van der Waals surface area contributed by atoms with Crippen LogP contribution in [0.3, 0.4) is 0 Å². The van der Waals surface area contributed by atoms with E-state index in [1.807, 2.05) is 11.3 Å². The van der Waals surface area contributed by atoms with Gasteiger partial charge in [0.25, 0.3) is 0 Å². The molecular weight excluding hydrogens is 252 g/mol. The fourth-order valence-corrected chi connectivity index (χ4v) is 4.07. The molecular formula is C16H28N2S. The lowest BCUT2D eigenvalue weighted by atomic mass is 9.88. The second-order valence-electron chi connectivity index (χ2n) is 6.55. The Morgan fingerprint density at radius 2 is 2.26 bits per heavy atom. The Kier molecular flexibility index (Phi) is 5.04. The van der Waals surface area contributed by atoms with Crippen LogP contribution in [0.5, 0.6) is 0 Å². The minimum absolute atomic E-state index is 0.211. The van der Waals surface area contributed by atoms with E-state index in [9.17, 15) is 0 Å². The molecule has 0 bridgehead atoms. The minimum Gasteiger partial charge on any atom is -0.330 e. The van der Waals surface area contributed by atoms with E-state index >= 15 is 0 Å². The third-order valence-electron chi connectivity index (χ3n) is 4.16. The number of nitrogens with zero attached hydrogens (tertiary/aromatic N) is 1. The summed E-state index contributed by atoms with van der Waals surface area (Å²) in [5.74, 6) is 0. The summed E-state index contributed by atoms with van der Waals surface area (Å²) in [7, 11) is 0. The summed E-state index contributed by atoms with van der Waals surface area (Å²) in [6, 6.07) is 2.97. The van der Waals surface area contributed by atoms with Crippen LogP contribution in [0.1, 0.15) is 56.5 Å². The summed E-state index contributed by atoms with van der Waals surface area (Å²) in [5.41, 5.74) is 7.74.